The summed E-state index contributed by atoms with van der Waals surface area (Å²) in [5.74, 6) is -0.390. The van der Waals surface area contributed by atoms with Crippen LogP contribution in [-0.4, -0.2) is 18.5 Å². The Labute approximate surface area is 152 Å². The fourth-order valence-corrected chi connectivity index (χ4v) is 3.52. The van der Waals surface area contributed by atoms with Gasteiger partial charge in [-0.2, -0.15) is 0 Å². The van der Waals surface area contributed by atoms with Gasteiger partial charge in [0.1, 0.15) is 5.76 Å². The maximum absolute atomic E-state index is 11.7. The lowest BCUT2D eigenvalue weighted by atomic mass is 10.2. The number of nitrogens with one attached hydrogen (secondary N) is 1. The van der Waals surface area contributed by atoms with Crippen LogP contribution in [0.25, 0.3) is 16.2 Å². The Morgan fingerprint density at radius 2 is 2.08 bits per heavy atom. The van der Waals surface area contributed by atoms with E-state index in [1.807, 2.05) is 24.3 Å². The molecule has 0 atom stereocenters. The number of benzene rings is 1. The minimum absolute atomic E-state index is 0.247. The maximum Gasteiger partial charge on any atom is 0.331 e. The van der Waals surface area contributed by atoms with Gasteiger partial charge in [-0.05, 0) is 24.3 Å². The van der Waals surface area contributed by atoms with Crippen molar-refractivity contribution in [2.45, 2.75) is 6.54 Å². The van der Waals surface area contributed by atoms with Crippen LogP contribution in [0.15, 0.2) is 53.2 Å². The van der Waals surface area contributed by atoms with Crippen LogP contribution >= 0.6 is 22.9 Å². The van der Waals surface area contributed by atoms with Gasteiger partial charge in [-0.25, -0.2) is 4.79 Å². The van der Waals surface area contributed by atoms with Crippen molar-refractivity contribution in [2.75, 3.05) is 6.61 Å². The predicted molar refractivity (Wildman–Crippen MR) is 97.4 cm³/mol. The summed E-state index contributed by atoms with van der Waals surface area (Å²) in [5, 5.41) is 4.13. The number of carbonyl (C=O) groups excluding carboxylic acids is 2. The van der Waals surface area contributed by atoms with E-state index in [1.54, 1.807) is 18.2 Å². The largest absolute Gasteiger partial charge is 0.467 e. The number of hydrogen-bond acceptors (Lipinski definition) is 5. The van der Waals surface area contributed by atoms with Gasteiger partial charge < -0.3 is 14.5 Å². The number of ether oxygens (including phenoxy) is 1. The molecule has 1 amide bonds. The van der Waals surface area contributed by atoms with Crippen LogP contribution in [-0.2, 0) is 20.9 Å². The van der Waals surface area contributed by atoms with Gasteiger partial charge in [-0.15, -0.1) is 11.3 Å². The molecule has 0 bridgehead atoms. The lowest BCUT2D eigenvalue weighted by Crippen LogP contribution is -2.27. The minimum Gasteiger partial charge on any atom is -0.467 e. The number of furan rings is 1. The Hall–Kier alpha value is -2.57. The fraction of sp³-hybridized carbons (Fsp3) is 0.111. The molecular weight excluding hydrogens is 362 g/mol. The quantitative estimate of drug-likeness (QED) is 0.522. The van der Waals surface area contributed by atoms with Gasteiger partial charge in [-0.3, -0.25) is 4.79 Å². The molecule has 25 heavy (non-hydrogen) atoms. The van der Waals surface area contributed by atoms with Gasteiger partial charge in [0, 0.05) is 21.0 Å². The molecule has 2 aromatic heterocycles. The second-order valence-electron chi connectivity index (χ2n) is 5.07. The average molecular weight is 376 g/mol. The van der Waals surface area contributed by atoms with Gasteiger partial charge in [0.05, 0.1) is 17.8 Å². The van der Waals surface area contributed by atoms with Crippen LogP contribution in [0, 0.1) is 0 Å². The minimum atomic E-state index is -0.610. The molecule has 0 saturated heterocycles. The van der Waals surface area contributed by atoms with Gasteiger partial charge in [0.2, 0.25) is 0 Å². The van der Waals surface area contributed by atoms with E-state index >= 15 is 0 Å². The molecule has 5 nitrogen and oxygen atoms in total. The van der Waals surface area contributed by atoms with Crippen molar-refractivity contribution in [3.8, 4) is 0 Å². The number of hydrogen-bond donors (Lipinski definition) is 1. The summed E-state index contributed by atoms with van der Waals surface area (Å²) in [6, 6.07) is 11.2. The second kappa shape index (κ2) is 8.00. The molecule has 0 aliphatic rings. The number of rotatable bonds is 6. The number of amides is 1. The smallest absolute Gasteiger partial charge is 0.331 e. The Morgan fingerprint density at radius 1 is 1.24 bits per heavy atom. The summed E-state index contributed by atoms with van der Waals surface area (Å²) in [5.41, 5.74) is 0. The molecule has 3 aromatic rings. The Kier molecular flexibility index (Phi) is 5.53. The van der Waals surface area contributed by atoms with Crippen molar-refractivity contribution >= 4 is 51.0 Å². The third kappa shape index (κ3) is 4.49. The number of halogens is 1. The van der Waals surface area contributed by atoms with Gasteiger partial charge >= 0.3 is 5.97 Å². The van der Waals surface area contributed by atoms with E-state index < -0.39 is 11.9 Å². The van der Waals surface area contributed by atoms with Crippen molar-refractivity contribution in [1.29, 1.82) is 0 Å². The number of fused-ring (bicyclic) bond motifs is 1. The lowest BCUT2D eigenvalue weighted by Gasteiger charge is -2.03. The highest BCUT2D eigenvalue weighted by Crippen LogP contribution is 2.35. The Morgan fingerprint density at radius 3 is 2.84 bits per heavy atom. The molecule has 0 unspecified atom stereocenters. The van der Waals surface area contributed by atoms with Crippen LogP contribution in [0.1, 0.15) is 10.6 Å². The average Bonchev–Trinajstić information content (AvgIpc) is 3.25. The van der Waals surface area contributed by atoms with Crippen LogP contribution in [0.4, 0.5) is 0 Å². The molecule has 1 N–H and O–H groups in total. The molecule has 0 spiro atoms. The highest BCUT2D eigenvalue weighted by molar-refractivity contribution is 7.20. The molecule has 7 heteroatoms. The monoisotopic (exact) mass is 375 g/mol. The van der Waals surface area contributed by atoms with E-state index in [9.17, 15) is 9.59 Å². The second-order valence-corrected chi connectivity index (χ2v) is 6.54. The summed E-state index contributed by atoms with van der Waals surface area (Å²) in [6.07, 6.45) is 4.37. The predicted octanol–water partition coefficient (Wildman–Crippen LogP) is 4.02. The summed E-state index contributed by atoms with van der Waals surface area (Å²) in [4.78, 5) is 24.1. The van der Waals surface area contributed by atoms with E-state index in [-0.39, 0.29) is 13.2 Å². The SMILES string of the molecule is O=C(COC(=O)/C=C/c1sc2ccccc2c1Cl)NCc1ccco1. The highest BCUT2D eigenvalue weighted by atomic mass is 35.5. The molecule has 0 fully saturated rings. The van der Waals surface area contributed by atoms with E-state index in [0.717, 1.165) is 15.0 Å². The third-order valence-corrected chi connectivity index (χ3v) is 4.97. The van der Waals surface area contributed by atoms with E-state index in [4.69, 9.17) is 20.8 Å². The molecule has 0 aliphatic carbocycles. The first-order chi connectivity index (χ1) is 12.1. The summed E-state index contributed by atoms with van der Waals surface area (Å²) in [6.45, 7) is -0.110. The molecule has 1 aromatic carbocycles. The number of thiophene rings is 1. The number of esters is 1. The van der Waals surface area contributed by atoms with E-state index in [1.165, 1.54) is 23.7 Å². The van der Waals surface area contributed by atoms with Crippen molar-refractivity contribution in [1.82, 2.24) is 5.32 Å². The zero-order chi connectivity index (χ0) is 17.6. The van der Waals surface area contributed by atoms with E-state index in [0.29, 0.717) is 10.8 Å². The molecular formula is C18H14ClNO4S. The van der Waals surface area contributed by atoms with Crippen LogP contribution in [0.2, 0.25) is 5.02 Å². The fourth-order valence-electron chi connectivity index (χ4n) is 2.12. The topological polar surface area (TPSA) is 68.5 Å². The highest BCUT2D eigenvalue weighted by Gasteiger charge is 2.09. The Bertz CT molecular complexity index is 914. The van der Waals surface area contributed by atoms with Crippen LogP contribution in [0.5, 0.6) is 0 Å². The molecule has 2 heterocycles. The molecule has 0 aliphatic heterocycles. The van der Waals surface area contributed by atoms with Crippen LogP contribution < -0.4 is 5.32 Å². The van der Waals surface area contributed by atoms with Crippen molar-refractivity contribution in [2.24, 2.45) is 0 Å². The summed E-state index contributed by atoms with van der Waals surface area (Å²) < 4.78 is 11.0. The standard InChI is InChI=1S/C18H14ClNO4S/c19-18-13-5-1-2-6-14(13)25-15(18)7-8-17(22)24-11-16(21)20-10-12-4-3-9-23-12/h1-9H,10-11H2,(H,20,21)/b8-7+. The molecule has 128 valence electrons. The lowest BCUT2D eigenvalue weighted by molar-refractivity contribution is -0.143. The first-order valence-electron chi connectivity index (χ1n) is 7.44. The van der Waals surface area contributed by atoms with Crippen molar-refractivity contribution < 1.29 is 18.7 Å². The van der Waals surface area contributed by atoms with Gasteiger partial charge in [0.15, 0.2) is 6.61 Å². The first-order valence-corrected chi connectivity index (χ1v) is 8.64. The normalized spacial score (nSPS) is 11.1. The summed E-state index contributed by atoms with van der Waals surface area (Å²) >= 11 is 7.77. The Balaban J connectivity index is 1.50. The summed E-state index contributed by atoms with van der Waals surface area (Å²) in [7, 11) is 0. The van der Waals surface area contributed by atoms with Crippen molar-refractivity contribution in [3.05, 3.63) is 64.4 Å². The zero-order valence-corrected chi connectivity index (χ0v) is 14.6. The van der Waals surface area contributed by atoms with Crippen molar-refractivity contribution in [3.63, 3.8) is 0 Å². The molecule has 0 saturated carbocycles. The first kappa shape index (κ1) is 17.3. The van der Waals surface area contributed by atoms with Gasteiger partial charge in [0.25, 0.3) is 5.91 Å². The number of carbonyl (C=O) groups is 2. The third-order valence-electron chi connectivity index (χ3n) is 3.32. The zero-order valence-electron chi connectivity index (χ0n) is 13.0. The van der Waals surface area contributed by atoms with Gasteiger partial charge in [-0.1, -0.05) is 29.8 Å². The van der Waals surface area contributed by atoms with E-state index in [2.05, 4.69) is 5.32 Å². The van der Waals surface area contributed by atoms with Crippen LogP contribution in [0.3, 0.4) is 0 Å². The molecule has 0 radical (unpaired) electrons. The molecule has 3 rings (SSSR count). The maximum atomic E-state index is 11.7.